The molecule has 0 aliphatic heterocycles. The van der Waals surface area contributed by atoms with E-state index in [1.807, 2.05) is 0 Å². The molecule has 0 aromatic carbocycles. The molecule has 0 spiro atoms. The van der Waals surface area contributed by atoms with Crippen molar-refractivity contribution in [2.75, 3.05) is 0 Å². The molecule has 0 radical (unpaired) electrons. The van der Waals surface area contributed by atoms with Crippen molar-refractivity contribution in [2.45, 2.75) is 0 Å². The molecule has 1 aromatic heterocycles. The van der Waals surface area contributed by atoms with Gasteiger partial charge in [0, 0.05) is 0 Å². The van der Waals surface area contributed by atoms with Gasteiger partial charge in [0.1, 0.15) is 23.1 Å². The standard InChI is InChI=1S/C7H9N5.ClH/c8-6(9)4-2-1-3-5(12-4)7(10)11;/h1-3H,(H3,8,9)(H3,10,11);1H. The van der Waals surface area contributed by atoms with Gasteiger partial charge < -0.3 is 11.5 Å². The van der Waals surface area contributed by atoms with Gasteiger partial charge in [-0.15, -0.1) is 12.4 Å². The molecule has 0 saturated heterocycles. The number of amidine groups is 2. The first kappa shape index (κ1) is 11.4. The lowest BCUT2D eigenvalue weighted by Gasteiger charge is -1.99. The van der Waals surface area contributed by atoms with Crippen molar-refractivity contribution in [1.82, 2.24) is 4.98 Å². The Kier molecular flexibility index (Phi) is 3.87. The minimum Gasteiger partial charge on any atom is -0.382 e. The number of hydrogen-bond acceptors (Lipinski definition) is 3. The van der Waals surface area contributed by atoms with Crippen LogP contribution in [-0.4, -0.2) is 16.7 Å². The summed E-state index contributed by atoms with van der Waals surface area (Å²) in [6, 6.07) is 4.84. The normalized spacial score (nSPS) is 8.62. The van der Waals surface area contributed by atoms with Crippen molar-refractivity contribution >= 4 is 24.1 Å². The van der Waals surface area contributed by atoms with Gasteiger partial charge in [0.15, 0.2) is 0 Å². The largest absolute Gasteiger partial charge is 0.382 e. The highest BCUT2D eigenvalue weighted by atomic mass is 35.5. The second kappa shape index (κ2) is 4.42. The quantitative estimate of drug-likeness (QED) is 0.399. The van der Waals surface area contributed by atoms with E-state index < -0.39 is 0 Å². The zero-order valence-corrected chi connectivity index (χ0v) is 7.56. The van der Waals surface area contributed by atoms with Crippen LogP contribution in [0.4, 0.5) is 0 Å². The zero-order chi connectivity index (χ0) is 9.14. The highest BCUT2D eigenvalue weighted by Gasteiger charge is 2.01. The molecular formula is C7H10ClN5. The molecule has 1 heterocycles. The molecule has 0 aliphatic rings. The third-order valence-electron chi connectivity index (χ3n) is 1.30. The van der Waals surface area contributed by atoms with E-state index in [-0.39, 0.29) is 24.1 Å². The van der Waals surface area contributed by atoms with Crippen LogP contribution in [-0.2, 0) is 0 Å². The molecule has 1 rings (SSSR count). The van der Waals surface area contributed by atoms with Crippen LogP contribution in [0.15, 0.2) is 18.2 Å². The van der Waals surface area contributed by atoms with Crippen LogP contribution in [0.5, 0.6) is 0 Å². The number of nitrogens with zero attached hydrogens (tertiary/aromatic N) is 1. The number of rotatable bonds is 2. The summed E-state index contributed by atoms with van der Waals surface area (Å²) >= 11 is 0. The summed E-state index contributed by atoms with van der Waals surface area (Å²) in [4.78, 5) is 3.87. The lowest BCUT2D eigenvalue weighted by atomic mass is 10.3. The van der Waals surface area contributed by atoms with Crippen LogP contribution in [0, 0.1) is 10.8 Å². The van der Waals surface area contributed by atoms with E-state index in [9.17, 15) is 0 Å². The van der Waals surface area contributed by atoms with Crippen molar-refractivity contribution < 1.29 is 0 Å². The van der Waals surface area contributed by atoms with Gasteiger partial charge in [-0.3, -0.25) is 10.8 Å². The second-order valence-corrected chi connectivity index (χ2v) is 2.24. The van der Waals surface area contributed by atoms with E-state index in [1.54, 1.807) is 18.2 Å². The summed E-state index contributed by atoms with van der Waals surface area (Å²) in [6.07, 6.45) is 0. The van der Waals surface area contributed by atoms with Gasteiger partial charge in [0.25, 0.3) is 0 Å². The number of nitrogen functional groups attached to an aromatic ring is 2. The zero-order valence-electron chi connectivity index (χ0n) is 6.74. The van der Waals surface area contributed by atoms with Crippen LogP contribution in [0.1, 0.15) is 11.4 Å². The topological polar surface area (TPSA) is 113 Å². The first-order valence-corrected chi connectivity index (χ1v) is 3.27. The molecule has 5 nitrogen and oxygen atoms in total. The Morgan fingerprint density at radius 2 is 1.46 bits per heavy atom. The molecule has 0 unspecified atom stereocenters. The Labute approximate surface area is 81.6 Å². The lowest BCUT2D eigenvalue weighted by Crippen LogP contribution is -2.18. The first-order chi connectivity index (χ1) is 5.61. The molecule has 0 amide bonds. The molecule has 1 aromatic rings. The van der Waals surface area contributed by atoms with Crippen molar-refractivity contribution in [3.8, 4) is 0 Å². The van der Waals surface area contributed by atoms with Crippen molar-refractivity contribution in [3.63, 3.8) is 0 Å². The van der Waals surface area contributed by atoms with E-state index in [0.29, 0.717) is 11.4 Å². The predicted molar refractivity (Wildman–Crippen MR) is 53.5 cm³/mol. The van der Waals surface area contributed by atoms with E-state index >= 15 is 0 Å². The average Bonchev–Trinajstić information content (AvgIpc) is 2.04. The monoisotopic (exact) mass is 199 g/mol. The van der Waals surface area contributed by atoms with Gasteiger partial charge >= 0.3 is 0 Å². The summed E-state index contributed by atoms with van der Waals surface area (Å²) in [6.45, 7) is 0. The Morgan fingerprint density at radius 1 is 1.08 bits per heavy atom. The number of hydrogen-bond donors (Lipinski definition) is 4. The van der Waals surface area contributed by atoms with Gasteiger partial charge in [-0.25, -0.2) is 4.98 Å². The summed E-state index contributed by atoms with van der Waals surface area (Å²) in [7, 11) is 0. The number of aromatic nitrogens is 1. The molecule has 13 heavy (non-hydrogen) atoms. The van der Waals surface area contributed by atoms with Crippen LogP contribution in [0.2, 0.25) is 0 Å². The maximum atomic E-state index is 7.08. The molecular weight excluding hydrogens is 190 g/mol. The summed E-state index contributed by atoms with van der Waals surface area (Å²) in [5.74, 6) is -0.254. The van der Waals surface area contributed by atoms with Crippen molar-refractivity contribution in [1.29, 1.82) is 10.8 Å². The minimum absolute atomic E-state index is 0. The average molecular weight is 200 g/mol. The third-order valence-corrected chi connectivity index (χ3v) is 1.30. The number of nitrogens with one attached hydrogen (secondary N) is 2. The molecule has 0 atom stereocenters. The molecule has 0 bridgehead atoms. The fraction of sp³-hybridized carbons (Fsp3) is 0. The smallest absolute Gasteiger partial charge is 0.141 e. The van der Waals surface area contributed by atoms with Gasteiger partial charge in [-0.1, -0.05) is 6.07 Å². The highest BCUT2D eigenvalue weighted by molar-refractivity contribution is 5.96. The Hall–Kier alpha value is -1.62. The van der Waals surface area contributed by atoms with E-state index in [1.165, 1.54) is 0 Å². The van der Waals surface area contributed by atoms with Gasteiger partial charge in [0.2, 0.25) is 0 Å². The number of pyridine rings is 1. The van der Waals surface area contributed by atoms with Crippen LogP contribution in [0.25, 0.3) is 0 Å². The van der Waals surface area contributed by atoms with Gasteiger partial charge in [-0.05, 0) is 12.1 Å². The van der Waals surface area contributed by atoms with E-state index in [4.69, 9.17) is 22.3 Å². The fourth-order valence-corrected chi connectivity index (χ4v) is 0.735. The SMILES string of the molecule is Cl.N=C(N)c1cccc(C(=N)N)n1. The lowest BCUT2D eigenvalue weighted by molar-refractivity contribution is 1.21. The van der Waals surface area contributed by atoms with Crippen LogP contribution < -0.4 is 11.5 Å². The van der Waals surface area contributed by atoms with Gasteiger partial charge in [0.05, 0.1) is 0 Å². The van der Waals surface area contributed by atoms with Gasteiger partial charge in [-0.2, -0.15) is 0 Å². The molecule has 6 N–H and O–H groups in total. The molecule has 70 valence electrons. The van der Waals surface area contributed by atoms with Crippen LogP contribution >= 0.6 is 12.4 Å². The Bertz CT molecular complexity index is 306. The van der Waals surface area contributed by atoms with Crippen molar-refractivity contribution in [3.05, 3.63) is 29.6 Å². The molecule has 0 fully saturated rings. The maximum absolute atomic E-state index is 7.08. The van der Waals surface area contributed by atoms with Crippen LogP contribution in [0.3, 0.4) is 0 Å². The van der Waals surface area contributed by atoms with Crippen molar-refractivity contribution in [2.24, 2.45) is 11.5 Å². The Morgan fingerprint density at radius 3 is 1.77 bits per heavy atom. The Balaban J connectivity index is 0.00000144. The summed E-state index contributed by atoms with van der Waals surface area (Å²) in [5.41, 5.74) is 11.1. The molecule has 0 aliphatic carbocycles. The first-order valence-electron chi connectivity index (χ1n) is 3.27. The second-order valence-electron chi connectivity index (χ2n) is 2.24. The number of halogens is 1. The molecule has 0 saturated carbocycles. The van der Waals surface area contributed by atoms with E-state index in [0.717, 1.165) is 0 Å². The summed E-state index contributed by atoms with van der Waals surface area (Å²) in [5, 5.41) is 14.2. The highest BCUT2D eigenvalue weighted by Crippen LogP contribution is 1.97. The van der Waals surface area contributed by atoms with E-state index in [2.05, 4.69) is 4.98 Å². The number of nitrogens with two attached hydrogens (primary N) is 2. The predicted octanol–water partition coefficient (Wildman–Crippen LogP) is 0.0715. The molecule has 6 heteroatoms. The third kappa shape index (κ3) is 2.72. The maximum Gasteiger partial charge on any atom is 0.141 e. The summed E-state index contributed by atoms with van der Waals surface area (Å²) < 4.78 is 0. The fourth-order valence-electron chi connectivity index (χ4n) is 0.735. The minimum atomic E-state index is -0.127.